The van der Waals surface area contributed by atoms with Crippen molar-refractivity contribution < 1.29 is 14.3 Å². The number of nitrogens with zero attached hydrogens (tertiary/aromatic N) is 1. The molecule has 1 aliphatic rings. The SMILES string of the molecule is COc1ccccc1NC(=O)c1ccnc(OC2CCSC2)c1. The molecule has 1 atom stereocenters. The van der Waals surface area contributed by atoms with Crippen LogP contribution >= 0.6 is 11.8 Å². The lowest BCUT2D eigenvalue weighted by Crippen LogP contribution is -2.17. The molecule has 3 rings (SSSR count). The third-order valence-electron chi connectivity index (χ3n) is 3.53. The van der Waals surface area contributed by atoms with Crippen molar-refractivity contribution in [3.05, 3.63) is 48.2 Å². The Balaban J connectivity index is 1.71. The van der Waals surface area contributed by atoms with Crippen molar-refractivity contribution in [1.82, 2.24) is 4.98 Å². The highest BCUT2D eigenvalue weighted by Crippen LogP contribution is 2.25. The molecule has 0 spiro atoms. The average molecular weight is 330 g/mol. The van der Waals surface area contributed by atoms with Crippen molar-refractivity contribution in [2.75, 3.05) is 23.9 Å². The summed E-state index contributed by atoms with van der Waals surface area (Å²) < 4.78 is 11.1. The molecule has 2 heterocycles. The first-order valence-electron chi connectivity index (χ1n) is 7.41. The van der Waals surface area contributed by atoms with E-state index in [1.54, 1.807) is 37.6 Å². The average Bonchev–Trinajstić information content (AvgIpc) is 3.08. The summed E-state index contributed by atoms with van der Waals surface area (Å²) in [7, 11) is 1.57. The molecule has 1 aliphatic heterocycles. The van der Waals surface area contributed by atoms with Gasteiger partial charge in [-0.05, 0) is 30.4 Å². The van der Waals surface area contributed by atoms with Crippen LogP contribution in [0.15, 0.2) is 42.6 Å². The zero-order valence-corrected chi connectivity index (χ0v) is 13.6. The van der Waals surface area contributed by atoms with Gasteiger partial charge >= 0.3 is 0 Å². The highest BCUT2D eigenvalue weighted by atomic mass is 32.2. The van der Waals surface area contributed by atoms with E-state index in [4.69, 9.17) is 9.47 Å². The first kappa shape index (κ1) is 15.7. The minimum atomic E-state index is -0.220. The van der Waals surface area contributed by atoms with Crippen LogP contribution in [0.5, 0.6) is 11.6 Å². The fourth-order valence-corrected chi connectivity index (χ4v) is 3.43. The normalized spacial score (nSPS) is 16.8. The second-order valence-corrected chi connectivity index (χ2v) is 6.29. The Morgan fingerprint density at radius 2 is 2.22 bits per heavy atom. The lowest BCUT2D eigenvalue weighted by atomic mass is 10.2. The number of carbonyl (C=O) groups is 1. The Kier molecular flexibility index (Phi) is 5.02. The van der Waals surface area contributed by atoms with Crippen molar-refractivity contribution in [3.63, 3.8) is 0 Å². The second-order valence-electron chi connectivity index (χ2n) is 5.14. The van der Waals surface area contributed by atoms with E-state index >= 15 is 0 Å². The van der Waals surface area contributed by atoms with E-state index in [1.807, 2.05) is 23.9 Å². The molecule has 23 heavy (non-hydrogen) atoms. The van der Waals surface area contributed by atoms with E-state index in [-0.39, 0.29) is 12.0 Å². The van der Waals surface area contributed by atoms with Gasteiger partial charge in [0.15, 0.2) is 0 Å². The quantitative estimate of drug-likeness (QED) is 0.912. The number of amides is 1. The fourth-order valence-electron chi connectivity index (χ4n) is 2.33. The number of rotatable bonds is 5. The summed E-state index contributed by atoms with van der Waals surface area (Å²) in [5.74, 6) is 2.97. The third-order valence-corrected chi connectivity index (χ3v) is 4.66. The Morgan fingerprint density at radius 3 is 3.00 bits per heavy atom. The standard InChI is InChI=1S/C17H18N2O3S/c1-21-15-5-3-2-4-14(15)19-17(20)12-6-8-18-16(10-12)22-13-7-9-23-11-13/h2-6,8,10,13H,7,9,11H2,1H3,(H,19,20). The molecular weight excluding hydrogens is 312 g/mol. The Hall–Kier alpha value is -2.21. The van der Waals surface area contributed by atoms with Crippen LogP contribution in [0.4, 0.5) is 5.69 Å². The number of carbonyl (C=O) groups excluding carboxylic acids is 1. The summed E-state index contributed by atoms with van der Waals surface area (Å²) in [6.07, 6.45) is 2.79. The summed E-state index contributed by atoms with van der Waals surface area (Å²) in [6.45, 7) is 0. The van der Waals surface area contributed by atoms with Gasteiger partial charge in [0.1, 0.15) is 11.9 Å². The lowest BCUT2D eigenvalue weighted by Gasteiger charge is -2.13. The van der Waals surface area contributed by atoms with Gasteiger partial charge < -0.3 is 14.8 Å². The van der Waals surface area contributed by atoms with Crippen LogP contribution in [0.1, 0.15) is 16.8 Å². The fraction of sp³-hybridized carbons (Fsp3) is 0.294. The maximum absolute atomic E-state index is 12.4. The van der Waals surface area contributed by atoms with Crippen LogP contribution in [-0.2, 0) is 0 Å². The van der Waals surface area contributed by atoms with Crippen molar-refractivity contribution in [1.29, 1.82) is 0 Å². The monoisotopic (exact) mass is 330 g/mol. The second kappa shape index (κ2) is 7.37. The highest BCUT2D eigenvalue weighted by Gasteiger charge is 2.18. The van der Waals surface area contributed by atoms with E-state index in [9.17, 15) is 4.79 Å². The van der Waals surface area contributed by atoms with Crippen LogP contribution in [0, 0.1) is 0 Å². The van der Waals surface area contributed by atoms with Gasteiger partial charge in [-0.25, -0.2) is 4.98 Å². The van der Waals surface area contributed by atoms with Crippen molar-refractivity contribution in [2.45, 2.75) is 12.5 Å². The number of thioether (sulfide) groups is 1. The molecule has 1 unspecified atom stereocenters. The molecule has 120 valence electrons. The van der Waals surface area contributed by atoms with E-state index in [0.29, 0.717) is 22.9 Å². The first-order chi connectivity index (χ1) is 11.3. The predicted molar refractivity (Wildman–Crippen MR) is 91.5 cm³/mol. The minimum absolute atomic E-state index is 0.181. The number of hydrogen-bond donors (Lipinski definition) is 1. The molecule has 0 radical (unpaired) electrons. The predicted octanol–water partition coefficient (Wildman–Crippen LogP) is 3.23. The molecule has 1 saturated heterocycles. The molecular formula is C17H18N2O3S. The maximum Gasteiger partial charge on any atom is 0.256 e. The van der Waals surface area contributed by atoms with E-state index in [0.717, 1.165) is 17.9 Å². The van der Waals surface area contributed by atoms with Gasteiger partial charge in [-0.3, -0.25) is 4.79 Å². The van der Waals surface area contributed by atoms with Crippen LogP contribution in [0.25, 0.3) is 0 Å². The molecule has 0 saturated carbocycles. The topological polar surface area (TPSA) is 60.5 Å². The van der Waals surface area contributed by atoms with Crippen LogP contribution in [-0.4, -0.2) is 35.6 Å². The number of nitrogens with one attached hydrogen (secondary N) is 1. The number of anilines is 1. The van der Waals surface area contributed by atoms with Crippen LogP contribution in [0.3, 0.4) is 0 Å². The number of aromatic nitrogens is 1. The molecule has 1 aromatic carbocycles. The Bertz CT molecular complexity index is 687. The molecule has 5 nitrogen and oxygen atoms in total. The Labute approximate surface area is 139 Å². The van der Waals surface area contributed by atoms with Gasteiger partial charge in [0.05, 0.1) is 12.8 Å². The third kappa shape index (κ3) is 3.96. The summed E-state index contributed by atoms with van der Waals surface area (Å²) in [6, 6.07) is 10.6. The number of ether oxygens (including phenoxy) is 2. The summed E-state index contributed by atoms with van der Waals surface area (Å²) in [5, 5.41) is 2.85. The summed E-state index contributed by atoms with van der Waals surface area (Å²) >= 11 is 1.87. The summed E-state index contributed by atoms with van der Waals surface area (Å²) in [5.41, 5.74) is 1.14. The zero-order chi connectivity index (χ0) is 16.1. The van der Waals surface area contributed by atoms with Gasteiger partial charge in [-0.2, -0.15) is 11.8 Å². The van der Waals surface area contributed by atoms with Gasteiger partial charge in [-0.15, -0.1) is 0 Å². The maximum atomic E-state index is 12.4. The molecule has 0 bridgehead atoms. The van der Waals surface area contributed by atoms with E-state index < -0.39 is 0 Å². The van der Waals surface area contributed by atoms with Crippen LogP contribution in [0.2, 0.25) is 0 Å². The molecule has 0 aliphatic carbocycles. The first-order valence-corrected chi connectivity index (χ1v) is 8.56. The number of benzene rings is 1. The molecule has 6 heteroatoms. The van der Waals surface area contributed by atoms with Crippen LogP contribution < -0.4 is 14.8 Å². The molecule has 1 N–H and O–H groups in total. The van der Waals surface area contributed by atoms with Gasteiger partial charge in [0, 0.05) is 23.6 Å². The molecule has 2 aromatic rings. The molecule has 1 amide bonds. The van der Waals surface area contributed by atoms with Crippen molar-refractivity contribution in [3.8, 4) is 11.6 Å². The summed E-state index contributed by atoms with van der Waals surface area (Å²) in [4.78, 5) is 16.6. The van der Waals surface area contributed by atoms with Gasteiger partial charge in [-0.1, -0.05) is 12.1 Å². The highest BCUT2D eigenvalue weighted by molar-refractivity contribution is 7.99. The number of para-hydroxylation sites is 2. The van der Waals surface area contributed by atoms with Gasteiger partial charge in [0.2, 0.25) is 5.88 Å². The zero-order valence-electron chi connectivity index (χ0n) is 12.8. The smallest absolute Gasteiger partial charge is 0.256 e. The number of methoxy groups -OCH3 is 1. The van der Waals surface area contributed by atoms with E-state index in [2.05, 4.69) is 10.3 Å². The lowest BCUT2D eigenvalue weighted by molar-refractivity contribution is 0.102. The molecule has 1 aromatic heterocycles. The van der Waals surface area contributed by atoms with Gasteiger partial charge in [0.25, 0.3) is 5.91 Å². The number of pyridine rings is 1. The van der Waals surface area contributed by atoms with Crippen molar-refractivity contribution in [2.24, 2.45) is 0 Å². The number of hydrogen-bond acceptors (Lipinski definition) is 5. The largest absolute Gasteiger partial charge is 0.495 e. The van der Waals surface area contributed by atoms with E-state index in [1.165, 1.54) is 0 Å². The Morgan fingerprint density at radius 1 is 1.35 bits per heavy atom. The van der Waals surface area contributed by atoms with Crippen molar-refractivity contribution >= 4 is 23.4 Å². The molecule has 1 fully saturated rings. The minimum Gasteiger partial charge on any atom is -0.495 e.